The maximum absolute atomic E-state index is 12.6. The highest BCUT2D eigenvalue weighted by Crippen LogP contribution is 2.38. The van der Waals surface area contributed by atoms with Crippen LogP contribution >= 0.6 is 0 Å². The molecule has 0 unspecified atom stereocenters. The fourth-order valence-electron chi connectivity index (χ4n) is 2.65. The summed E-state index contributed by atoms with van der Waals surface area (Å²) in [5.74, 6) is 0.917. The minimum Gasteiger partial charge on any atom is -0.493 e. The summed E-state index contributed by atoms with van der Waals surface area (Å²) in [6.45, 7) is 2.01. The van der Waals surface area contributed by atoms with Crippen molar-refractivity contribution in [2.75, 3.05) is 26.6 Å². The van der Waals surface area contributed by atoms with Gasteiger partial charge in [-0.2, -0.15) is 0 Å². The largest absolute Gasteiger partial charge is 0.493 e. The van der Waals surface area contributed by atoms with E-state index in [9.17, 15) is 4.79 Å². The minimum atomic E-state index is -0.313. The number of amides is 1. The summed E-state index contributed by atoms with van der Waals surface area (Å²) >= 11 is 0. The number of carbonyl (C=O) groups excluding carboxylic acids is 1. The Hall–Kier alpha value is -3.22. The van der Waals surface area contributed by atoms with Gasteiger partial charge in [-0.25, -0.2) is 0 Å². The summed E-state index contributed by atoms with van der Waals surface area (Å²) in [4.78, 5) is 12.6. The molecule has 0 atom stereocenters. The van der Waals surface area contributed by atoms with Crippen molar-refractivity contribution in [1.82, 2.24) is 0 Å². The lowest BCUT2D eigenvalue weighted by atomic mass is 10.1. The second-order valence-electron chi connectivity index (χ2n) is 5.74. The molecule has 0 bridgehead atoms. The molecule has 7 nitrogen and oxygen atoms in total. The molecule has 144 valence electrons. The molecule has 0 aliphatic heterocycles. The van der Waals surface area contributed by atoms with Crippen LogP contribution in [0, 0.1) is 0 Å². The van der Waals surface area contributed by atoms with Crippen LogP contribution in [-0.4, -0.2) is 38.2 Å². The van der Waals surface area contributed by atoms with E-state index in [1.807, 2.05) is 6.92 Å². The molecule has 1 amide bonds. The van der Waals surface area contributed by atoms with Crippen molar-refractivity contribution >= 4 is 17.3 Å². The van der Waals surface area contributed by atoms with Gasteiger partial charge < -0.3 is 24.7 Å². The van der Waals surface area contributed by atoms with Crippen LogP contribution in [0.4, 0.5) is 5.69 Å². The predicted octanol–water partition coefficient (Wildman–Crippen LogP) is 3.94. The Balaban J connectivity index is 2.22. The Morgan fingerprint density at radius 3 is 2.04 bits per heavy atom. The lowest BCUT2D eigenvalue weighted by Crippen LogP contribution is -2.13. The predicted molar refractivity (Wildman–Crippen MR) is 104 cm³/mol. The third-order valence-corrected chi connectivity index (χ3v) is 4.01. The molecule has 0 aliphatic rings. The van der Waals surface area contributed by atoms with E-state index in [1.54, 1.807) is 36.4 Å². The number of methoxy groups -OCH3 is 3. The molecule has 27 heavy (non-hydrogen) atoms. The highest BCUT2D eigenvalue weighted by molar-refractivity contribution is 6.05. The van der Waals surface area contributed by atoms with Crippen molar-refractivity contribution in [3.63, 3.8) is 0 Å². The average Bonchev–Trinajstić information content (AvgIpc) is 2.71. The standard InChI is InChI=1S/C20H24N2O5/c1-5-6-16(22-24)13-7-9-15(10-8-13)21-20(23)14-11-17(25-2)19(27-4)18(12-14)26-3/h7-12,24H,5-6H2,1-4H3,(H,21,23). The molecule has 2 N–H and O–H groups in total. The van der Waals surface area contributed by atoms with Gasteiger partial charge in [0.2, 0.25) is 5.75 Å². The highest BCUT2D eigenvalue weighted by Gasteiger charge is 2.17. The molecular formula is C20H24N2O5. The number of oxime groups is 1. The molecule has 0 saturated heterocycles. The molecule has 2 aromatic rings. The molecule has 0 aromatic heterocycles. The molecule has 0 saturated carbocycles. The molecule has 0 heterocycles. The first kappa shape index (κ1) is 20.1. The summed E-state index contributed by atoms with van der Waals surface area (Å²) in [5.41, 5.74) is 2.41. The fraction of sp³-hybridized carbons (Fsp3) is 0.300. The van der Waals surface area contributed by atoms with Gasteiger partial charge in [0.15, 0.2) is 11.5 Å². The van der Waals surface area contributed by atoms with E-state index in [1.165, 1.54) is 21.3 Å². The van der Waals surface area contributed by atoms with E-state index in [4.69, 9.17) is 19.4 Å². The zero-order valence-electron chi connectivity index (χ0n) is 15.9. The van der Waals surface area contributed by atoms with Gasteiger partial charge in [0.05, 0.1) is 27.0 Å². The number of ether oxygens (including phenoxy) is 3. The van der Waals surface area contributed by atoms with Gasteiger partial charge in [0.1, 0.15) is 0 Å². The van der Waals surface area contributed by atoms with Gasteiger partial charge in [0.25, 0.3) is 5.91 Å². The number of benzene rings is 2. The van der Waals surface area contributed by atoms with Gasteiger partial charge in [-0.15, -0.1) is 0 Å². The van der Waals surface area contributed by atoms with Crippen LogP contribution in [-0.2, 0) is 0 Å². The smallest absolute Gasteiger partial charge is 0.255 e. The van der Waals surface area contributed by atoms with Crippen molar-refractivity contribution < 1.29 is 24.2 Å². The van der Waals surface area contributed by atoms with E-state index in [-0.39, 0.29) is 5.91 Å². The third-order valence-electron chi connectivity index (χ3n) is 4.01. The maximum Gasteiger partial charge on any atom is 0.255 e. The number of anilines is 1. The highest BCUT2D eigenvalue weighted by atomic mass is 16.5. The van der Waals surface area contributed by atoms with Gasteiger partial charge in [-0.3, -0.25) is 4.79 Å². The molecule has 2 aromatic carbocycles. The van der Waals surface area contributed by atoms with Crippen LogP contribution < -0.4 is 19.5 Å². The summed E-state index contributed by atoms with van der Waals surface area (Å²) in [6.07, 6.45) is 1.55. The Morgan fingerprint density at radius 1 is 1.00 bits per heavy atom. The number of nitrogens with zero attached hydrogens (tertiary/aromatic N) is 1. The fourth-order valence-corrected chi connectivity index (χ4v) is 2.65. The molecular weight excluding hydrogens is 348 g/mol. The van der Waals surface area contributed by atoms with Crippen LogP contribution in [0.3, 0.4) is 0 Å². The first-order chi connectivity index (χ1) is 13.1. The van der Waals surface area contributed by atoms with Gasteiger partial charge in [-0.05, 0) is 36.2 Å². The van der Waals surface area contributed by atoms with Crippen molar-refractivity contribution in [3.8, 4) is 17.2 Å². The lowest BCUT2D eigenvalue weighted by molar-refractivity contribution is 0.102. The lowest BCUT2D eigenvalue weighted by Gasteiger charge is -2.14. The number of rotatable bonds is 8. The van der Waals surface area contributed by atoms with Crippen molar-refractivity contribution in [1.29, 1.82) is 0 Å². The molecule has 0 radical (unpaired) electrons. The zero-order valence-corrected chi connectivity index (χ0v) is 15.9. The first-order valence-electron chi connectivity index (χ1n) is 8.50. The van der Waals surface area contributed by atoms with Crippen LogP contribution in [0.15, 0.2) is 41.6 Å². The van der Waals surface area contributed by atoms with Gasteiger partial charge in [0, 0.05) is 11.3 Å². The van der Waals surface area contributed by atoms with Crippen LogP contribution in [0.5, 0.6) is 17.2 Å². The van der Waals surface area contributed by atoms with Crippen LogP contribution in [0.2, 0.25) is 0 Å². The summed E-state index contributed by atoms with van der Waals surface area (Å²) in [5, 5.41) is 15.3. The Bertz CT molecular complexity index is 791. The second kappa shape index (κ2) is 9.47. The minimum absolute atomic E-state index is 0.313. The number of hydrogen-bond donors (Lipinski definition) is 2. The van der Waals surface area contributed by atoms with Crippen molar-refractivity contribution in [3.05, 3.63) is 47.5 Å². The van der Waals surface area contributed by atoms with Crippen molar-refractivity contribution in [2.45, 2.75) is 19.8 Å². The molecule has 2 rings (SSSR count). The summed E-state index contributed by atoms with van der Waals surface area (Å²) in [7, 11) is 4.49. The van der Waals surface area contributed by atoms with E-state index in [0.717, 1.165) is 12.0 Å². The first-order valence-corrected chi connectivity index (χ1v) is 8.50. The average molecular weight is 372 g/mol. The second-order valence-corrected chi connectivity index (χ2v) is 5.74. The zero-order chi connectivity index (χ0) is 19.8. The monoisotopic (exact) mass is 372 g/mol. The van der Waals surface area contributed by atoms with E-state index in [0.29, 0.717) is 40.6 Å². The quantitative estimate of drug-likeness (QED) is 0.416. The summed E-state index contributed by atoms with van der Waals surface area (Å²) < 4.78 is 15.8. The van der Waals surface area contributed by atoms with E-state index in [2.05, 4.69) is 10.5 Å². The SMILES string of the molecule is CCCC(=NO)c1ccc(NC(=O)c2cc(OC)c(OC)c(OC)c2)cc1. The van der Waals surface area contributed by atoms with E-state index >= 15 is 0 Å². The van der Waals surface area contributed by atoms with Gasteiger partial charge >= 0.3 is 0 Å². The number of hydrogen-bond acceptors (Lipinski definition) is 6. The third kappa shape index (κ3) is 4.69. The Morgan fingerprint density at radius 2 is 1.59 bits per heavy atom. The van der Waals surface area contributed by atoms with E-state index < -0.39 is 0 Å². The maximum atomic E-state index is 12.6. The van der Waals surface area contributed by atoms with Crippen LogP contribution in [0.25, 0.3) is 0 Å². The molecule has 0 spiro atoms. The van der Waals surface area contributed by atoms with Crippen molar-refractivity contribution in [2.24, 2.45) is 5.16 Å². The molecule has 7 heteroatoms. The Kier molecular flexibility index (Phi) is 7.05. The molecule has 0 aliphatic carbocycles. The topological polar surface area (TPSA) is 89.4 Å². The van der Waals surface area contributed by atoms with Gasteiger partial charge in [-0.1, -0.05) is 30.6 Å². The number of nitrogens with one attached hydrogen (secondary N) is 1. The Labute approximate surface area is 158 Å². The number of carbonyl (C=O) groups is 1. The normalized spacial score (nSPS) is 11.0. The molecule has 0 fully saturated rings. The summed E-state index contributed by atoms with van der Waals surface area (Å²) in [6, 6.07) is 10.3. The van der Waals surface area contributed by atoms with Crippen LogP contribution in [0.1, 0.15) is 35.7 Å².